The van der Waals surface area contributed by atoms with E-state index in [1.165, 1.54) is 0 Å². The fraction of sp³-hybridized carbons (Fsp3) is 0.412. The van der Waals surface area contributed by atoms with Gasteiger partial charge in [0.2, 0.25) is 0 Å². The van der Waals surface area contributed by atoms with Gasteiger partial charge < -0.3 is 19.9 Å². The number of amides is 2. The van der Waals surface area contributed by atoms with Gasteiger partial charge in [0.1, 0.15) is 11.9 Å². The molecule has 1 aliphatic heterocycles. The molecule has 2 aromatic rings. The second-order valence-electron chi connectivity index (χ2n) is 6.10. The summed E-state index contributed by atoms with van der Waals surface area (Å²) in [5.74, 6) is 0.602. The summed E-state index contributed by atoms with van der Waals surface area (Å²) in [7, 11) is 1.86. The molecular weight excluding hydrogens is 328 g/mol. The van der Waals surface area contributed by atoms with Gasteiger partial charge in [0.05, 0.1) is 10.7 Å². The Balaban J connectivity index is 1.66. The van der Waals surface area contributed by atoms with Gasteiger partial charge in [-0.1, -0.05) is 23.7 Å². The van der Waals surface area contributed by atoms with Crippen LogP contribution in [0.25, 0.3) is 0 Å². The molecule has 0 saturated carbocycles. The zero-order valence-electron chi connectivity index (χ0n) is 13.5. The molecule has 2 amide bonds. The number of nitrogens with zero attached hydrogens (tertiary/aromatic N) is 3. The molecule has 1 saturated heterocycles. The molecule has 3 rings (SSSR count). The molecular formula is C17H21ClN4O2. The number of aliphatic hydroxyl groups excluding tert-OH is 1. The Labute approximate surface area is 146 Å². The fourth-order valence-corrected chi connectivity index (χ4v) is 3.26. The average Bonchev–Trinajstić information content (AvgIpc) is 3.02. The quantitative estimate of drug-likeness (QED) is 0.895. The number of aromatic nitrogens is 2. The number of imidazole rings is 1. The SMILES string of the molecule is Cn1ccnc1[C@@H](O)[C@H]1CCCN(C(=O)Nc2ccccc2Cl)C1. The summed E-state index contributed by atoms with van der Waals surface area (Å²) in [4.78, 5) is 18.4. The monoisotopic (exact) mass is 348 g/mol. The summed E-state index contributed by atoms with van der Waals surface area (Å²) < 4.78 is 1.81. The van der Waals surface area contributed by atoms with Crippen molar-refractivity contribution in [2.75, 3.05) is 18.4 Å². The molecule has 1 aliphatic rings. The normalized spacial score (nSPS) is 19.1. The molecule has 1 aromatic heterocycles. The molecule has 128 valence electrons. The molecule has 0 spiro atoms. The minimum absolute atomic E-state index is 0.0307. The molecule has 2 heterocycles. The number of hydrogen-bond donors (Lipinski definition) is 2. The van der Waals surface area contributed by atoms with Crippen LogP contribution in [0.3, 0.4) is 0 Å². The molecule has 2 atom stereocenters. The smallest absolute Gasteiger partial charge is 0.321 e. The van der Waals surface area contributed by atoms with Gasteiger partial charge in [-0.05, 0) is 25.0 Å². The van der Waals surface area contributed by atoms with Crippen molar-refractivity contribution in [3.63, 3.8) is 0 Å². The van der Waals surface area contributed by atoms with Crippen LogP contribution in [0.4, 0.5) is 10.5 Å². The van der Waals surface area contributed by atoms with Crippen LogP contribution in [-0.4, -0.2) is 38.7 Å². The van der Waals surface area contributed by atoms with Crippen LogP contribution in [0.2, 0.25) is 5.02 Å². The molecule has 0 bridgehead atoms. The first-order valence-electron chi connectivity index (χ1n) is 8.02. The van der Waals surface area contributed by atoms with Crippen LogP contribution in [0.5, 0.6) is 0 Å². The highest BCUT2D eigenvalue weighted by molar-refractivity contribution is 6.33. The summed E-state index contributed by atoms with van der Waals surface area (Å²) in [5, 5.41) is 13.9. The van der Waals surface area contributed by atoms with Gasteiger partial charge in [-0.2, -0.15) is 0 Å². The second kappa shape index (κ2) is 7.23. The number of likely N-dealkylation sites (tertiary alicyclic amines) is 1. The third-order valence-corrected chi connectivity index (χ3v) is 4.76. The molecule has 6 nitrogen and oxygen atoms in total. The predicted octanol–water partition coefficient (Wildman–Crippen LogP) is 3.05. The molecule has 0 aliphatic carbocycles. The number of para-hydroxylation sites is 1. The van der Waals surface area contributed by atoms with E-state index in [-0.39, 0.29) is 11.9 Å². The molecule has 0 radical (unpaired) electrons. The van der Waals surface area contributed by atoms with Crippen LogP contribution in [0.1, 0.15) is 24.8 Å². The Kier molecular flexibility index (Phi) is 5.06. The van der Waals surface area contributed by atoms with E-state index in [0.717, 1.165) is 12.8 Å². The highest BCUT2D eigenvalue weighted by atomic mass is 35.5. The maximum atomic E-state index is 12.5. The summed E-state index contributed by atoms with van der Waals surface area (Å²) >= 11 is 6.09. The number of urea groups is 1. The Morgan fingerprint density at radius 1 is 1.46 bits per heavy atom. The van der Waals surface area contributed by atoms with Gasteiger partial charge in [-0.25, -0.2) is 9.78 Å². The van der Waals surface area contributed by atoms with Gasteiger partial charge >= 0.3 is 6.03 Å². The molecule has 1 fully saturated rings. The van der Waals surface area contributed by atoms with Crippen LogP contribution in [0.15, 0.2) is 36.7 Å². The molecule has 2 N–H and O–H groups in total. The molecule has 1 aromatic carbocycles. The zero-order chi connectivity index (χ0) is 17.1. The van der Waals surface area contributed by atoms with Crippen molar-refractivity contribution >= 4 is 23.3 Å². The average molecular weight is 349 g/mol. The Hall–Kier alpha value is -2.05. The number of aryl methyl sites for hydroxylation is 1. The van der Waals surface area contributed by atoms with E-state index in [2.05, 4.69) is 10.3 Å². The summed E-state index contributed by atoms with van der Waals surface area (Å²) in [5.41, 5.74) is 0.593. The van der Waals surface area contributed by atoms with Crippen LogP contribution in [-0.2, 0) is 7.05 Å². The van der Waals surface area contributed by atoms with E-state index >= 15 is 0 Å². The van der Waals surface area contributed by atoms with E-state index < -0.39 is 6.10 Å². The lowest BCUT2D eigenvalue weighted by Gasteiger charge is -2.34. The minimum Gasteiger partial charge on any atom is -0.385 e. The maximum absolute atomic E-state index is 12.5. The highest BCUT2D eigenvalue weighted by Crippen LogP contribution is 2.29. The van der Waals surface area contributed by atoms with E-state index in [9.17, 15) is 9.90 Å². The van der Waals surface area contributed by atoms with Gasteiger partial charge in [0.15, 0.2) is 0 Å². The first kappa shape index (κ1) is 16.8. The van der Waals surface area contributed by atoms with E-state index in [0.29, 0.717) is 29.6 Å². The van der Waals surface area contributed by atoms with Crippen molar-refractivity contribution in [3.05, 3.63) is 47.5 Å². The lowest BCUT2D eigenvalue weighted by molar-refractivity contribution is 0.0552. The topological polar surface area (TPSA) is 70.4 Å². The maximum Gasteiger partial charge on any atom is 0.321 e. The number of benzene rings is 1. The Morgan fingerprint density at radius 2 is 2.25 bits per heavy atom. The zero-order valence-corrected chi connectivity index (χ0v) is 14.3. The van der Waals surface area contributed by atoms with Crippen LogP contribution in [0, 0.1) is 5.92 Å². The van der Waals surface area contributed by atoms with Gasteiger partial charge in [-0.3, -0.25) is 0 Å². The summed E-state index contributed by atoms with van der Waals surface area (Å²) in [6.07, 6.45) is 4.51. The second-order valence-corrected chi connectivity index (χ2v) is 6.51. The number of carbonyl (C=O) groups excluding carboxylic acids is 1. The van der Waals surface area contributed by atoms with E-state index in [4.69, 9.17) is 11.6 Å². The number of aliphatic hydroxyl groups is 1. The van der Waals surface area contributed by atoms with Crippen molar-refractivity contribution in [2.24, 2.45) is 13.0 Å². The molecule has 24 heavy (non-hydrogen) atoms. The predicted molar refractivity (Wildman–Crippen MR) is 92.9 cm³/mol. The van der Waals surface area contributed by atoms with Gasteiger partial charge in [0.25, 0.3) is 0 Å². The summed E-state index contributed by atoms with van der Waals surface area (Å²) in [6, 6.07) is 6.95. The molecule has 7 heteroatoms. The van der Waals surface area contributed by atoms with E-state index in [1.807, 2.05) is 29.9 Å². The Bertz CT molecular complexity index is 718. The number of hydrogen-bond acceptors (Lipinski definition) is 3. The van der Waals surface area contributed by atoms with Gasteiger partial charge in [-0.15, -0.1) is 0 Å². The lowest BCUT2D eigenvalue weighted by Crippen LogP contribution is -2.44. The summed E-state index contributed by atoms with van der Waals surface area (Å²) in [6.45, 7) is 1.16. The van der Waals surface area contributed by atoms with Crippen LogP contribution >= 0.6 is 11.6 Å². The highest BCUT2D eigenvalue weighted by Gasteiger charge is 2.31. The number of carbonyl (C=O) groups is 1. The third kappa shape index (κ3) is 3.55. The number of anilines is 1. The number of rotatable bonds is 3. The van der Waals surface area contributed by atoms with Crippen molar-refractivity contribution in [3.8, 4) is 0 Å². The number of halogens is 1. The van der Waals surface area contributed by atoms with Crippen LogP contribution < -0.4 is 5.32 Å². The van der Waals surface area contributed by atoms with E-state index in [1.54, 1.807) is 23.2 Å². The van der Waals surface area contributed by atoms with Crippen molar-refractivity contribution in [1.82, 2.24) is 14.5 Å². The first-order chi connectivity index (χ1) is 11.6. The van der Waals surface area contributed by atoms with Crippen molar-refractivity contribution in [1.29, 1.82) is 0 Å². The van der Waals surface area contributed by atoms with Crippen molar-refractivity contribution in [2.45, 2.75) is 18.9 Å². The Morgan fingerprint density at radius 3 is 2.96 bits per heavy atom. The first-order valence-corrected chi connectivity index (χ1v) is 8.40. The molecule has 0 unspecified atom stereocenters. The number of piperidine rings is 1. The third-order valence-electron chi connectivity index (χ3n) is 4.43. The van der Waals surface area contributed by atoms with Gasteiger partial charge in [0, 0.05) is 38.4 Å². The fourth-order valence-electron chi connectivity index (χ4n) is 3.08. The van der Waals surface area contributed by atoms with Crippen molar-refractivity contribution < 1.29 is 9.90 Å². The largest absolute Gasteiger partial charge is 0.385 e. The lowest BCUT2D eigenvalue weighted by atomic mass is 9.92. The minimum atomic E-state index is -0.680. The standard InChI is InChI=1S/C17H21ClN4O2/c1-21-10-8-19-16(21)15(23)12-5-4-9-22(11-12)17(24)20-14-7-3-2-6-13(14)18/h2-3,6-8,10,12,15,23H,4-5,9,11H2,1H3,(H,20,24)/t12-,15-/m0/s1. The number of nitrogens with one attached hydrogen (secondary N) is 1.